The molecule has 8 aliphatic rings. The van der Waals surface area contributed by atoms with E-state index in [9.17, 15) is 68.6 Å². The van der Waals surface area contributed by atoms with Crippen molar-refractivity contribution in [1.82, 2.24) is 62.5 Å². The highest BCUT2D eigenvalue weighted by atomic mass is 35.5. The minimum Gasteiger partial charge on any atom is -0.493 e. The van der Waals surface area contributed by atoms with Crippen LogP contribution in [-0.4, -0.2) is 235 Å². The fraction of sp³-hybridized carbons (Fsp3) is 0.495. The van der Waals surface area contributed by atoms with E-state index in [0.717, 1.165) is 98.3 Å². The number of aromatic nitrogens is 5. The fourth-order valence-corrected chi connectivity index (χ4v) is 20.8. The summed E-state index contributed by atoms with van der Waals surface area (Å²) in [5.41, 5.74) is 3.45. The summed E-state index contributed by atoms with van der Waals surface area (Å²) in [4.78, 5) is 85.4. The van der Waals surface area contributed by atoms with Gasteiger partial charge in [0.2, 0.25) is 0 Å². The van der Waals surface area contributed by atoms with Crippen LogP contribution in [0.3, 0.4) is 0 Å². The number of piperidine rings is 4. The summed E-state index contributed by atoms with van der Waals surface area (Å²) in [6.45, 7) is 21.5. The van der Waals surface area contributed by atoms with Gasteiger partial charge in [0.1, 0.15) is 27.5 Å². The molecule has 694 valence electrons. The molecule has 4 amide bonds. The molecule has 1 atom stereocenters. The van der Waals surface area contributed by atoms with E-state index in [-0.39, 0.29) is 84.6 Å². The number of benzene rings is 4. The Labute approximate surface area is 755 Å². The van der Waals surface area contributed by atoms with Crippen molar-refractivity contribution in [2.45, 2.75) is 198 Å². The van der Waals surface area contributed by atoms with E-state index in [1.54, 1.807) is 67.4 Å². The summed E-state index contributed by atoms with van der Waals surface area (Å²) >= 11 is 12.8. The van der Waals surface area contributed by atoms with Crippen LogP contribution in [0.5, 0.6) is 23.0 Å². The Morgan fingerprint density at radius 2 is 0.860 bits per heavy atom. The predicted molar refractivity (Wildman–Crippen MR) is 471 cm³/mol. The number of halogens is 11. The summed E-state index contributed by atoms with van der Waals surface area (Å²) < 4.78 is 150. The Balaban J connectivity index is 0.000000140. The number of ether oxygens (including phenoxy) is 4. The molecule has 5 aromatic heterocycles. The lowest BCUT2D eigenvalue weighted by Crippen LogP contribution is -2.59. The number of aliphatic hydroxyl groups excluding tert-OH is 1. The second-order valence-corrected chi connectivity index (χ2v) is 36.4. The number of likely N-dealkylation sites (tertiary alicyclic amines) is 4. The van der Waals surface area contributed by atoms with Crippen LogP contribution in [-0.2, 0) is 67.3 Å². The summed E-state index contributed by atoms with van der Waals surface area (Å²) in [6.07, 6.45) is -7.47. The first-order valence-corrected chi connectivity index (χ1v) is 44.6. The molecule has 4 spiro atoms. The molecule has 9 aromatic rings. The van der Waals surface area contributed by atoms with Crippen molar-refractivity contribution in [3.05, 3.63) is 218 Å². The fourth-order valence-electron chi connectivity index (χ4n) is 20.3. The maximum atomic E-state index is 13.6. The molecule has 129 heavy (non-hydrogen) atoms. The molecule has 0 aliphatic carbocycles. The SMILES string of the molecule is CC(C)Oc1ccc(C(=O)N2CCC3(CC2)c2ccc(C(=O)C(F)(F)F)n2CCN3C)cc1C(F)(F)F.CC(C)Oc1ccc(C(=O)N2CCC3(CC2)c2ccc(Cl)n2CCN3C)cc1CO.CN1CCn2c(Cl)ccc2C12CCN(C(=O)c1cccc3cccnc13)CC2.COc1cc(C(=O)N2CCC3(CC2)c2ccc(C(F)(F)F)n2C[C@@H](C)N3C)ccc1OC(C)C. The monoisotopic (exact) mass is 1840 g/mol. The van der Waals surface area contributed by atoms with E-state index in [1.165, 1.54) is 56.8 Å². The number of likely N-dealkylation sites (N-methyl/N-ethyl adjacent to an activating group) is 4. The number of pyridine rings is 1. The second kappa shape index (κ2) is 37.6. The summed E-state index contributed by atoms with van der Waals surface area (Å²) in [6, 6.07) is 37.1. The molecule has 4 saturated heterocycles. The number of carbonyl (C=O) groups excluding carboxylic acids is 5. The molecule has 23 nitrogen and oxygen atoms in total. The second-order valence-electron chi connectivity index (χ2n) is 35.6. The van der Waals surface area contributed by atoms with Crippen LogP contribution < -0.4 is 18.9 Å². The van der Waals surface area contributed by atoms with E-state index in [4.69, 9.17) is 42.1 Å². The number of fused-ring (bicyclic) bond motifs is 9. The average Bonchev–Trinajstić information content (AvgIpc) is 1.66. The molecule has 0 saturated carbocycles. The number of methoxy groups -OCH3 is 1. The summed E-state index contributed by atoms with van der Waals surface area (Å²) in [7, 11) is 9.71. The highest BCUT2D eigenvalue weighted by molar-refractivity contribution is 6.30. The van der Waals surface area contributed by atoms with Crippen LogP contribution in [0.15, 0.2) is 140 Å². The first-order chi connectivity index (χ1) is 61.1. The van der Waals surface area contributed by atoms with Gasteiger partial charge in [-0.3, -0.25) is 48.6 Å². The van der Waals surface area contributed by atoms with Gasteiger partial charge in [0.25, 0.3) is 29.4 Å². The number of aliphatic hydroxyl groups is 1. The zero-order chi connectivity index (χ0) is 92.9. The van der Waals surface area contributed by atoms with Crippen molar-refractivity contribution in [3.63, 3.8) is 0 Å². The average molecular weight is 1840 g/mol. The number of Topliss-reactive ketones (excluding diaryl/α,β-unsaturated/α-hetero) is 1. The number of nitrogens with zero attached hydrogens (tertiary/aromatic N) is 13. The van der Waals surface area contributed by atoms with Crippen molar-refractivity contribution < 1.29 is 87.5 Å². The number of alkyl halides is 9. The van der Waals surface area contributed by atoms with Gasteiger partial charge >= 0.3 is 18.5 Å². The van der Waals surface area contributed by atoms with Gasteiger partial charge in [0.15, 0.2) is 11.5 Å². The molecule has 0 radical (unpaired) electrons. The Morgan fingerprint density at radius 3 is 1.33 bits per heavy atom. The Morgan fingerprint density at radius 1 is 0.450 bits per heavy atom. The van der Waals surface area contributed by atoms with Crippen molar-refractivity contribution in [2.24, 2.45) is 0 Å². The molecule has 4 fully saturated rings. The predicted octanol–water partition coefficient (Wildman–Crippen LogP) is 17.1. The molecule has 13 heterocycles. The van der Waals surface area contributed by atoms with Gasteiger partial charge in [-0.1, -0.05) is 41.4 Å². The maximum absolute atomic E-state index is 13.6. The largest absolute Gasteiger partial charge is 0.493 e. The van der Waals surface area contributed by atoms with E-state index in [2.05, 4.69) is 55.0 Å². The molecular formula is C95H112Cl2F9N13O10. The van der Waals surface area contributed by atoms with Crippen LogP contribution in [0.25, 0.3) is 10.9 Å². The van der Waals surface area contributed by atoms with Gasteiger partial charge in [-0.15, -0.1) is 0 Å². The third-order valence-corrected chi connectivity index (χ3v) is 28.0. The number of amides is 4. The zero-order valence-corrected chi connectivity index (χ0v) is 76.2. The van der Waals surface area contributed by atoms with Crippen molar-refractivity contribution in [3.8, 4) is 23.0 Å². The van der Waals surface area contributed by atoms with E-state index < -0.39 is 64.4 Å². The van der Waals surface area contributed by atoms with Crippen LogP contribution in [0, 0.1) is 0 Å². The highest BCUT2D eigenvalue weighted by Gasteiger charge is 2.53. The van der Waals surface area contributed by atoms with Gasteiger partial charge in [-0.25, -0.2) is 0 Å². The molecule has 4 aromatic carbocycles. The van der Waals surface area contributed by atoms with E-state index in [0.29, 0.717) is 116 Å². The normalized spacial score (nSPS) is 19.1. The molecule has 34 heteroatoms. The quantitative estimate of drug-likeness (QED) is 0.0843. The van der Waals surface area contributed by atoms with Crippen molar-refractivity contribution in [2.75, 3.05) is 107 Å². The van der Waals surface area contributed by atoms with Gasteiger partial charge in [-0.2, -0.15) is 39.5 Å². The topological polar surface area (TPSA) is 201 Å². The number of carbonyl (C=O) groups is 5. The number of hydrogen-bond donors (Lipinski definition) is 1. The Hall–Kier alpha value is -10.1. The smallest absolute Gasteiger partial charge is 0.456 e. The standard InChI is InChI=1S/C25H27F6N3O3.C25H32F3N3O3.C23H30ClN3O3.C22H23ClN4O/c1-15(2)37-19-6-4-16(14-17(19)24(26,27)28)22(36)33-10-8-23(9-11-33)20-7-5-18(21(35)25(29,30)31)34(20)13-12-32(23)3;1-16(2)34-19-7-6-18(14-20(19)33-5)23(32)30-12-10-24(11-13-30)21-8-9-22(25(26,27)28)31(21)15-17(3)29(24)4;1-16(2)30-19-5-4-17(14-18(19)15-28)22(29)26-10-8-23(9-11-26)20-6-7-21(24)27(20)13-12-25(23)3;1-25-14-15-27-18(7-8-19(27)23)22(25)9-12-26(13-10-22)21(28)17-6-2-4-16-5-3-11-24-20(16)17/h4-7,14-15H,8-13H2,1-3H3;6-9,14,16-17H,10-13,15H2,1-5H3;4-7,14,16,28H,8-13,15H2,1-3H3;2-8,11H,9-10,12-15H2,1H3/t;17-;;/m.1../s1. The lowest BCUT2D eigenvalue weighted by Gasteiger charge is -2.53. The molecule has 0 bridgehead atoms. The van der Waals surface area contributed by atoms with Crippen LogP contribution >= 0.6 is 23.2 Å². The molecule has 1 N–H and O–H groups in total. The van der Waals surface area contributed by atoms with Gasteiger partial charge < -0.3 is 61.9 Å². The third kappa shape index (κ3) is 18.7. The number of rotatable bonds is 13. The molecular weight excluding hydrogens is 1730 g/mol. The molecule has 8 aliphatic heterocycles. The summed E-state index contributed by atoms with van der Waals surface area (Å²) in [5, 5.41) is 12.3. The van der Waals surface area contributed by atoms with Crippen LogP contribution in [0.2, 0.25) is 10.3 Å². The van der Waals surface area contributed by atoms with Crippen molar-refractivity contribution in [1.29, 1.82) is 0 Å². The highest BCUT2D eigenvalue weighted by Crippen LogP contribution is 2.50. The molecule has 17 rings (SSSR count). The molecule has 0 unspecified atom stereocenters. The van der Waals surface area contributed by atoms with Gasteiger partial charge in [0.05, 0.1) is 76.5 Å². The maximum Gasteiger partial charge on any atom is 0.456 e. The van der Waals surface area contributed by atoms with Crippen molar-refractivity contribution >= 4 is 63.5 Å². The van der Waals surface area contributed by atoms with Gasteiger partial charge in [-0.05, 0) is 243 Å². The summed E-state index contributed by atoms with van der Waals surface area (Å²) in [5.74, 6) is -1.18. The number of para-hydroxylation sites is 1. The lowest BCUT2D eigenvalue weighted by atomic mass is 9.80. The first-order valence-electron chi connectivity index (χ1n) is 43.9. The minimum absolute atomic E-state index is 0.00234. The van der Waals surface area contributed by atoms with Gasteiger partial charge in [0, 0.05) is 161 Å². The number of ketones is 1. The zero-order valence-electron chi connectivity index (χ0n) is 74.7. The minimum atomic E-state index is -4.99. The van der Waals surface area contributed by atoms with E-state index in [1.807, 2.05) is 106 Å². The third-order valence-electron chi connectivity index (χ3n) is 27.3. The number of hydrogen-bond acceptors (Lipinski definition) is 15. The Bertz CT molecular complexity index is 5590. The lowest BCUT2D eigenvalue weighted by molar-refractivity contribution is -0.145. The van der Waals surface area contributed by atoms with Crippen LogP contribution in [0.1, 0.15) is 191 Å². The Kier molecular flexibility index (Phi) is 27.7. The first kappa shape index (κ1) is 95.0. The van der Waals surface area contributed by atoms with E-state index >= 15 is 0 Å². The van der Waals surface area contributed by atoms with Crippen LogP contribution in [0.4, 0.5) is 39.5 Å².